The van der Waals surface area contributed by atoms with Crippen molar-refractivity contribution < 1.29 is 13.5 Å². The van der Waals surface area contributed by atoms with Crippen molar-refractivity contribution >= 4 is 26.0 Å². The Kier molecular flexibility index (Phi) is 5.74. The third-order valence-electron chi connectivity index (χ3n) is 3.56. The second-order valence-corrected chi connectivity index (χ2v) is 7.69. The van der Waals surface area contributed by atoms with E-state index in [1.807, 2.05) is 37.3 Å². The lowest BCUT2D eigenvalue weighted by Gasteiger charge is -2.23. The quantitative estimate of drug-likeness (QED) is 0.805. The number of aliphatic hydroxyl groups is 1. The van der Waals surface area contributed by atoms with Crippen LogP contribution >= 0.6 is 15.9 Å². The van der Waals surface area contributed by atoms with E-state index < -0.39 is 16.1 Å². The van der Waals surface area contributed by atoms with Gasteiger partial charge < -0.3 is 5.11 Å². The number of halogens is 1. The van der Waals surface area contributed by atoms with Gasteiger partial charge in [0, 0.05) is 4.47 Å². The zero-order valence-electron chi connectivity index (χ0n) is 12.1. The molecule has 2 aromatic carbocycles. The maximum absolute atomic E-state index is 12.4. The van der Waals surface area contributed by atoms with Gasteiger partial charge in [-0.3, -0.25) is 0 Å². The Morgan fingerprint density at radius 1 is 1.09 bits per heavy atom. The van der Waals surface area contributed by atoms with Gasteiger partial charge in [-0.15, -0.1) is 0 Å². The maximum Gasteiger partial charge on any atom is 0.240 e. The molecule has 0 aliphatic rings. The molecule has 2 atom stereocenters. The van der Waals surface area contributed by atoms with Crippen LogP contribution in [-0.4, -0.2) is 26.2 Å². The molecule has 0 aliphatic carbocycles. The fraction of sp³-hybridized carbons (Fsp3) is 0.250. The summed E-state index contributed by atoms with van der Waals surface area (Å²) >= 11 is 3.28. The Hall–Kier alpha value is -1.21. The van der Waals surface area contributed by atoms with Gasteiger partial charge in [0.2, 0.25) is 10.0 Å². The van der Waals surface area contributed by atoms with Crippen LogP contribution in [0.5, 0.6) is 0 Å². The summed E-state index contributed by atoms with van der Waals surface area (Å²) in [5.41, 5.74) is 0.972. The molecule has 22 heavy (non-hydrogen) atoms. The van der Waals surface area contributed by atoms with Gasteiger partial charge in [0.25, 0.3) is 0 Å². The third-order valence-corrected chi connectivity index (χ3v) is 5.59. The van der Waals surface area contributed by atoms with Crippen molar-refractivity contribution in [2.45, 2.75) is 23.8 Å². The predicted octanol–water partition coefficient (Wildman–Crippen LogP) is 2.89. The normalized spacial score (nSPS) is 14.5. The van der Waals surface area contributed by atoms with Crippen LogP contribution in [0, 0.1) is 0 Å². The SMILES string of the molecule is C[C@H](c1ccccc1)[C@@H](CO)NS(=O)(=O)c1ccc(Br)cc1. The van der Waals surface area contributed by atoms with Crippen molar-refractivity contribution in [1.82, 2.24) is 4.72 Å². The molecule has 0 saturated heterocycles. The van der Waals surface area contributed by atoms with Crippen LogP contribution in [0.1, 0.15) is 18.4 Å². The highest BCUT2D eigenvalue weighted by Gasteiger charge is 2.24. The summed E-state index contributed by atoms with van der Waals surface area (Å²) in [5.74, 6) is -0.142. The molecule has 2 N–H and O–H groups in total. The standard InChI is InChI=1S/C16H18BrNO3S/c1-12(13-5-3-2-4-6-13)16(11-19)18-22(20,21)15-9-7-14(17)8-10-15/h2-10,12,16,18-19H,11H2,1H3/t12-,16-/m1/s1. The van der Waals surface area contributed by atoms with Crippen LogP contribution in [0.4, 0.5) is 0 Å². The molecular formula is C16H18BrNO3S. The van der Waals surface area contributed by atoms with Gasteiger partial charge in [0.15, 0.2) is 0 Å². The van der Waals surface area contributed by atoms with Crippen molar-refractivity contribution in [2.24, 2.45) is 0 Å². The van der Waals surface area contributed by atoms with Gasteiger partial charge in [-0.05, 0) is 35.7 Å². The first kappa shape index (κ1) is 17.1. The molecule has 0 saturated carbocycles. The molecule has 0 bridgehead atoms. The average molecular weight is 384 g/mol. The molecule has 0 aliphatic heterocycles. The average Bonchev–Trinajstić information content (AvgIpc) is 2.53. The highest BCUT2D eigenvalue weighted by atomic mass is 79.9. The molecule has 2 rings (SSSR count). The molecule has 118 valence electrons. The number of nitrogens with one attached hydrogen (secondary N) is 1. The fourth-order valence-corrected chi connectivity index (χ4v) is 3.74. The molecule has 4 nitrogen and oxygen atoms in total. The van der Waals surface area contributed by atoms with Crippen molar-refractivity contribution in [2.75, 3.05) is 6.61 Å². The van der Waals surface area contributed by atoms with E-state index in [0.29, 0.717) is 0 Å². The summed E-state index contributed by atoms with van der Waals surface area (Å²) < 4.78 is 28.2. The Bertz CT molecular complexity index is 702. The summed E-state index contributed by atoms with van der Waals surface area (Å²) in [6, 6.07) is 15.3. The zero-order valence-corrected chi connectivity index (χ0v) is 14.5. The van der Waals surface area contributed by atoms with Crippen LogP contribution in [-0.2, 0) is 10.0 Å². The molecule has 0 aromatic heterocycles. The number of sulfonamides is 1. The zero-order chi connectivity index (χ0) is 16.2. The van der Waals surface area contributed by atoms with E-state index in [2.05, 4.69) is 20.7 Å². The summed E-state index contributed by atoms with van der Waals surface area (Å²) in [7, 11) is -3.67. The molecule has 2 aromatic rings. The number of hydrogen-bond donors (Lipinski definition) is 2. The first-order chi connectivity index (χ1) is 10.4. The van der Waals surface area contributed by atoms with E-state index in [0.717, 1.165) is 10.0 Å². The van der Waals surface area contributed by atoms with Crippen LogP contribution in [0.3, 0.4) is 0 Å². The van der Waals surface area contributed by atoms with E-state index in [1.54, 1.807) is 12.1 Å². The van der Waals surface area contributed by atoms with Crippen molar-refractivity contribution in [3.63, 3.8) is 0 Å². The van der Waals surface area contributed by atoms with Crippen LogP contribution in [0.15, 0.2) is 64.0 Å². The van der Waals surface area contributed by atoms with Gasteiger partial charge in [-0.25, -0.2) is 13.1 Å². The lowest BCUT2D eigenvalue weighted by Crippen LogP contribution is -2.41. The minimum Gasteiger partial charge on any atom is -0.395 e. The monoisotopic (exact) mass is 383 g/mol. The summed E-state index contributed by atoms with van der Waals surface area (Å²) in [6.45, 7) is 1.62. The van der Waals surface area contributed by atoms with Crippen molar-refractivity contribution in [3.8, 4) is 0 Å². The molecule has 0 spiro atoms. The van der Waals surface area contributed by atoms with E-state index in [4.69, 9.17) is 0 Å². The highest BCUT2D eigenvalue weighted by Crippen LogP contribution is 2.21. The number of aliphatic hydroxyl groups excluding tert-OH is 1. The van der Waals surface area contributed by atoms with Gasteiger partial charge in [0.05, 0.1) is 17.5 Å². The van der Waals surface area contributed by atoms with E-state index >= 15 is 0 Å². The minimum atomic E-state index is -3.67. The van der Waals surface area contributed by atoms with E-state index in [1.165, 1.54) is 12.1 Å². The predicted molar refractivity (Wildman–Crippen MR) is 90.2 cm³/mol. The van der Waals surface area contributed by atoms with Gasteiger partial charge >= 0.3 is 0 Å². The third kappa shape index (κ3) is 4.16. The fourth-order valence-electron chi connectivity index (χ4n) is 2.17. The van der Waals surface area contributed by atoms with Crippen LogP contribution in [0.25, 0.3) is 0 Å². The van der Waals surface area contributed by atoms with E-state index in [9.17, 15) is 13.5 Å². The van der Waals surface area contributed by atoms with Crippen LogP contribution < -0.4 is 4.72 Å². The van der Waals surface area contributed by atoms with Gasteiger partial charge in [0.1, 0.15) is 0 Å². The number of benzene rings is 2. The molecule has 0 radical (unpaired) electrons. The largest absolute Gasteiger partial charge is 0.395 e. The summed E-state index contributed by atoms with van der Waals surface area (Å²) in [6.07, 6.45) is 0. The maximum atomic E-state index is 12.4. The summed E-state index contributed by atoms with van der Waals surface area (Å²) in [4.78, 5) is 0.175. The molecular weight excluding hydrogens is 366 g/mol. The van der Waals surface area contributed by atoms with Crippen molar-refractivity contribution in [3.05, 3.63) is 64.6 Å². The molecule has 6 heteroatoms. The molecule has 0 fully saturated rings. The lowest BCUT2D eigenvalue weighted by molar-refractivity contribution is 0.242. The summed E-state index contributed by atoms with van der Waals surface area (Å²) in [5, 5.41) is 9.58. The highest BCUT2D eigenvalue weighted by molar-refractivity contribution is 9.10. The number of rotatable bonds is 6. The van der Waals surface area contributed by atoms with Crippen molar-refractivity contribution in [1.29, 1.82) is 0 Å². The van der Waals surface area contributed by atoms with Crippen LogP contribution in [0.2, 0.25) is 0 Å². The minimum absolute atomic E-state index is 0.142. The number of hydrogen-bond acceptors (Lipinski definition) is 3. The Morgan fingerprint density at radius 3 is 2.23 bits per heavy atom. The molecule has 0 heterocycles. The Labute approximate surface area is 139 Å². The second-order valence-electron chi connectivity index (χ2n) is 5.06. The smallest absolute Gasteiger partial charge is 0.240 e. The first-order valence-corrected chi connectivity index (χ1v) is 9.15. The second kappa shape index (κ2) is 7.37. The van der Waals surface area contributed by atoms with E-state index in [-0.39, 0.29) is 17.4 Å². The first-order valence-electron chi connectivity index (χ1n) is 6.88. The lowest BCUT2D eigenvalue weighted by atomic mass is 9.94. The topological polar surface area (TPSA) is 66.4 Å². The van der Waals surface area contributed by atoms with Gasteiger partial charge in [-0.2, -0.15) is 0 Å². The molecule has 0 amide bonds. The Balaban J connectivity index is 2.20. The van der Waals surface area contributed by atoms with Gasteiger partial charge in [-0.1, -0.05) is 53.2 Å². The molecule has 0 unspecified atom stereocenters. The Morgan fingerprint density at radius 2 is 1.68 bits per heavy atom.